The van der Waals surface area contributed by atoms with E-state index in [0.717, 1.165) is 5.56 Å². The summed E-state index contributed by atoms with van der Waals surface area (Å²) in [5, 5.41) is 36.4. The van der Waals surface area contributed by atoms with Gasteiger partial charge in [0.2, 0.25) is 11.8 Å². The number of carbonyl (C=O) groups excluding carboxylic acids is 5. The number of aliphatic hydroxyl groups is 2. The standard InChI is InChI=1S/C41H71NO14Si.C34H65NO14Si/c1-8-35-38(46)39(56-57(6,7)41(3,4)5)37(42-32(2)43)40(55-35)53-30-29-47-18-12-15-34(44)16-19-48-21-23-50-25-27-52-28-26-51-24-22-49-20-17-36(45)54-31-33-13-10-9-11-14-33;1-8-28-31(40)32(49-50(6,7)34(3,4)5)30(35-26(2)36)33(48-28)47-25-24-41-13-9-10-27(37)11-14-42-16-18-44-20-22-46-23-21-45-19-17-43-15-12-29(38)39/h9-11,13-14,35,37-40,46H,8,12,15-31H2,1-7H3,(H,42,43);28,30-33,40H,8-25H2,1-7H3,(H,35,36)(H,38,39). The normalized spacial score (nSPS) is 20.6. The summed E-state index contributed by atoms with van der Waals surface area (Å²) in [6.07, 6.45) is -1.95. The molecule has 2 fully saturated rings. The minimum absolute atomic E-state index is 0.0202. The van der Waals surface area contributed by atoms with Gasteiger partial charge in [-0.1, -0.05) is 85.7 Å². The molecule has 0 aromatic heterocycles. The SMILES string of the molecule is CCC1OC(OCCOCCCC(=O)CCOCCOCCOCCOCCOCCC(=O)O)C(NC(C)=O)C(O[Si](C)(C)C(C)(C)C)C1O.CCC1OC(OCCOCCCC(=O)CCOCCOCCOCCOCCOCCC(=O)OCc2ccccc2)C(NC(C)=O)C(O[Si](C)(C)C(C)(C)C)C1O. The fraction of sp³-hybridized carbons (Fsp3) is 0.840. The number of esters is 1. The third-order valence-corrected chi connectivity index (χ3v) is 27.0. The van der Waals surface area contributed by atoms with Gasteiger partial charge in [-0.05, 0) is 67.5 Å². The van der Waals surface area contributed by atoms with Crippen molar-refractivity contribution in [3.05, 3.63) is 35.9 Å². The Morgan fingerprint density at radius 2 is 0.720 bits per heavy atom. The average molecular weight is 1570 g/mol. The first-order valence-electron chi connectivity index (χ1n) is 38.1. The number of benzene rings is 1. The smallest absolute Gasteiger partial charge is 0.308 e. The van der Waals surface area contributed by atoms with Crippen molar-refractivity contribution in [3.8, 4) is 0 Å². The topological polar surface area (TPSA) is 363 Å². The zero-order valence-corrected chi connectivity index (χ0v) is 68.9. The second kappa shape index (κ2) is 58.0. The lowest BCUT2D eigenvalue weighted by molar-refractivity contribution is -0.264. The van der Waals surface area contributed by atoms with Gasteiger partial charge in [0, 0.05) is 52.7 Å². The molecule has 2 aliphatic rings. The van der Waals surface area contributed by atoms with Gasteiger partial charge >= 0.3 is 11.9 Å². The number of hydrogen-bond donors (Lipinski definition) is 5. The molecule has 2 saturated heterocycles. The molecule has 32 heteroatoms. The van der Waals surface area contributed by atoms with Gasteiger partial charge in [0.25, 0.3) is 0 Å². The molecule has 0 bridgehead atoms. The highest BCUT2D eigenvalue weighted by molar-refractivity contribution is 6.74. The molecule has 2 aliphatic heterocycles. The Labute approximate surface area is 638 Å². The van der Waals surface area contributed by atoms with Crippen LogP contribution in [0.3, 0.4) is 0 Å². The van der Waals surface area contributed by atoms with Crippen LogP contribution >= 0.6 is 0 Å². The van der Waals surface area contributed by atoms with Gasteiger partial charge in [0.1, 0.15) is 42.5 Å². The Balaban J connectivity index is 0.000000733. The van der Waals surface area contributed by atoms with Crippen molar-refractivity contribution in [2.75, 3.05) is 172 Å². The molecule has 1 aromatic carbocycles. The summed E-state index contributed by atoms with van der Waals surface area (Å²) >= 11 is 0. The molecule has 622 valence electrons. The number of Topliss-reactive ketones (excluding diaryl/α,β-unsaturated/α-hetero) is 2. The number of nitrogens with one attached hydrogen (secondary N) is 2. The number of rotatable bonds is 62. The molecule has 2 amide bonds. The monoisotopic (exact) mass is 1570 g/mol. The van der Waals surface area contributed by atoms with Gasteiger partial charge in [-0.15, -0.1) is 0 Å². The minimum atomic E-state index is -2.30. The van der Waals surface area contributed by atoms with E-state index in [1.807, 2.05) is 44.2 Å². The van der Waals surface area contributed by atoms with Crippen LogP contribution in [0, 0.1) is 0 Å². The molecule has 0 spiro atoms. The van der Waals surface area contributed by atoms with Crippen LogP contribution in [0.4, 0.5) is 0 Å². The van der Waals surface area contributed by atoms with Crippen LogP contribution in [0.25, 0.3) is 0 Å². The lowest BCUT2D eigenvalue weighted by Gasteiger charge is -2.49. The predicted molar refractivity (Wildman–Crippen MR) is 402 cm³/mol. The fourth-order valence-electron chi connectivity index (χ4n) is 9.99. The van der Waals surface area contributed by atoms with Crippen molar-refractivity contribution >= 4 is 52.0 Å². The predicted octanol–water partition coefficient (Wildman–Crippen LogP) is 7.07. The number of ether oxygens (including phenoxy) is 17. The van der Waals surface area contributed by atoms with Gasteiger partial charge in [0.05, 0.1) is 196 Å². The van der Waals surface area contributed by atoms with Crippen LogP contribution in [0.2, 0.25) is 36.3 Å². The Hall–Kier alpha value is -3.93. The summed E-state index contributed by atoms with van der Waals surface area (Å²) in [6.45, 7) is 37.5. The molecule has 10 unspecified atom stereocenters. The van der Waals surface area contributed by atoms with Crippen molar-refractivity contribution < 1.29 is 133 Å². The van der Waals surface area contributed by atoms with Crippen molar-refractivity contribution in [1.29, 1.82) is 0 Å². The summed E-state index contributed by atoms with van der Waals surface area (Å²) in [4.78, 5) is 70.8. The zero-order chi connectivity index (χ0) is 79.4. The number of aliphatic carboxylic acids is 1. The Kier molecular flexibility index (Phi) is 53.8. The minimum Gasteiger partial charge on any atom is -0.481 e. The molecule has 1 aromatic rings. The number of aliphatic hydroxyl groups excluding tert-OH is 2. The summed E-state index contributed by atoms with van der Waals surface area (Å²) in [6, 6.07) is 8.15. The highest BCUT2D eigenvalue weighted by Gasteiger charge is 2.52. The molecule has 3 rings (SSSR count). The third kappa shape index (κ3) is 46.0. The highest BCUT2D eigenvalue weighted by atomic mass is 28.4. The highest BCUT2D eigenvalue weighted by Crippen LogP contribution is 2.41. The largest absolute Gasteiger partial charge is 0.481 e. The van der Waals surface area contributed by atoms with Crippen LogP contribution in [-0.4, -0.2) is 300 Å². The average Bonchev–Trinajstić information content (AvgIpc) is 0.785. The van der Waals surface area contributed by atoms with Gasteiger partial charge in [-0.2, -0.15) is 0 Å². The van der Waals surface area contributed by atoms with E-state index in [9.17, 15) is 39.0 Å². The first-order chi connectivity index (χ1) is 50.9. The van der Waals surface area contributed by atoms with Crippen LogP contribution in [0.1, 0.15) is 139 Å². The van der Waals surface area contributed by atoms with Crippen molar-refractivity contribution in [1.82, 2.24) is 10.6 Å². The molecular formula is C75H136N2O28Si2. The number of carbonyl (C=O) groups is 6. The van der Waals surface area contributed by atoms with E-state index in [0.29, 0.717) is 184 Å². The second-order valence-corrected chi connectivity index (χ2v) is 38.4. The molecule has 10 atom stereocenters. The summed E-state index contributed by atoms with van der Waals surface area (Å²) < 4.78 is 108. The van der Waals surface area contributed by atoms with Crippen LogP contribution < -0.4 is 10.6 Å². The van der Waals surface area contributed by atoms with Crippen molar-refractivity contribution in [2.45, 2.75) is 238 Å². The molecule has 2 heterocycles. The van der Waals surface area contributed by atoms with Crippen LogP contribution in [0.5, 0.6) is 0 Å². The van der Waals surface area contributed by atoms with Crippen molar-refractivity contribution in [3.63, 3.8) is 0 Å². The van der Waals surface area contributed by atoms with E-state index in [2.05, 4.69) is 78.4 Å². The van der Waals surface area contributed by atoms with Crippen LogP contribution in [0.15, 0.2) is 30.3 Å². The molecular weight excluding hydrogens is 1430 g/mol. The Bertz CT molecular complexity index is 2500. The second-order valence-electron chi connectivity index (χ2n) is 28.9. The number of hydrogen-bond acceptors (Lipinski definition) is 27. The first-order valence-corrected chi connectivity index (χ1v) is 43.9. The van der Waals surface area contributed by atoms with Gasteiger partial charge < -0.3 is 115 Å². The lowest BCUT2D eigenvalue weighted by Crippen LogP contribution is -2.67. The molecule has 5 N–H and O–H groups in total. The summed E-state index contributed by atoms with van der Waals surface area (Å²) in [5.74, 6) is -1.53. The van der Waals surface area contributed by atoms with Gasteiger partial charge in [-0.3, -0.25) is 28.8 Å². The van der Waals surface area contributed by atoms with Crippen LogP contribution in [-0.2, 0) is 125 Å². The molecule has 0 saturated carbocycles. The maximum Gasteiger partial charge on any atom is 0.308 e. The van der Waals surface area contributed by atoms with Crippen molar-refractivity contribution in [2.24, 2.45) is 0 Å². The van der Waals surface area contributed by atoms with E-state index in [4.69, 9.17) is 94.5 Å². The van der Waals surface area contributed by atoms with E-state index < -0.39 is 83.9 Å². The Morgan fingerprint density at radius 3 is 1.03 bits per heavy atom. The quantitative estimate of drug-likeness (QED) is 0.0247. The number of carboxylic acids is 1. The number of amides is 2. The van der Waals surface area contributed by atoms with E-state index in [-0.39, 0.29) is 98.5 Å². The number of ketones is 2. The van der Waals surface area contributed by atoms with E-state index >= 15 is 0 Å². The molecule has 30 nitrogen and oxygen atoms in total. The molecule has 0 radical (unpaired) electrons. The van der Waals surface area contributed by atoms with E-state index in [1.54, 1.807) is 0 Å². The summed E-state index contributed by atoms with van der Waals surface area (Å²) in [5.41, 5.74) is 0.948. The Morgan fingerprint density at radius 1 is 0.421 bits per heavy atom. The zero-order valence-electron chi connectivity index (χ0n) is 66.9. The van der Waals surface area contributed by atoms with Gasteiger partial charge in [0.15, 0.2) is 29.2 Å². The summed E-state index contributed by atoms with van der Waals surface area (Å²) in [7, 11) is -4.60. The molecule has 0 aliphatic carbocycles. The molecule has 107 heavy (non-hydrogen) atoms. The lowest BCUT2D eigenvalue weighted by atomic mass is 9.95. The fourth-order valence-corrected chi connectivity index (χ4v) is 12.6. The maximum absolute atomic E-state index is 12.3. The first kappa shape index (κ1) is 99.2. The number of carboxylic acid groups (broad SMARTS) is 1. The third-order valence-electron chi connectivity index (χ3n) is 18.1. The van der Waals surface area contributed by atoms with Gasteiger partial charge in [-0.25, -0.2) is 0 Å². The van der Waals surface area contributed by atoms with E-state index in [1.165, 1.54) is 13.8 Å². The maximum atomic E-state index is 12.3.